The number of hydrogen-bond donors (Lipinski definition) is 1. The van der Waals surface area contributed by atoms with Crippen LogP contribution in [0.5, 0.6) is 0 Å². The molecule has 7 heteroatoms. The number of H-pyrrole nitrogens is 1. The van der Waals surface area contributed by atoms with E-state index in [4.69, 9.17) is 4.74 Å². The maximum Gasteiger partial charge on any atom is 0.438 e. The van der Waals surface area contributed by atoms with E-state index in [1.54, 1.807) is 19.1 Å². The Balaban J connectivity index is 2.38. The number of aromatic amines is 1. The van der Waals surface area contributed by atoms with Crippen LogP contribution in [0, 0.1) is 0 Å². The number of nitrogens with zero attached hydrogens (tertiary/aromatic N) is 1. The third-order valence-electron chi connectivity index (χ3n) is 2.62. The molecule has 0 aliphatic carbocycles. The molecule has 7 nitrogen and oxygen atoms in total. The molecule has 0 atom stereocenters. The van der Waals surface area contributed by atoms with E-state index in [0.717, 1.165) is 0 Å². The Morgan fingerprint density at radius 3 is 2.50 bits per heavy atom. The summed E-state index contributed by atoms with van der Waals surface area (Å²) in [6.07, 6.45) is 0. The average Bonchev–Trinajstić information content (AvgIpc) is 2.81. The molecule has 1 heterocycles. The van der Waals surface area contributed by atoms with Crippen molar-refractivity contribution in [2.45, 2.75) is 13.8 Å². The summed E-state index contributed by atoms with van der Waals surface area (Å²) in [6.45, 7) is 3.28. The fraction of sp³-hybridized carbons (Fsp3) is 0.231. The molecule has 0 aliphatic heterocycles. The fourth-order valence-corrected chi connectivity index (χ4v) is 1.72. The van der Waals surface area contributed by atoms with Crippen molar-refractivity contribution in [2.24, 2.45) is 0 Å². The minimum atomic E-state index is -0.744. The zero-order valence-corrected chi connectivity index (χ0v) is 11.0. The monoisotopic (exact) mass is 277 g/mol. The SMILES string of the molecule is CCOC(=O)c1ccc(-[n+]2[nH]oc(=O)c2C(C)=O)cc1. The van der Waals surface area contributed by atoms with E-state index in [1.165, 1.54) is 23.7 Å². The molecule has 2 aromatic rings. The molecule has 0 unspecified atom stereocenters. The minimum absolute atomic E-state index is 0.117. The van der Waals surface area contributed by atoms with Crippen LogP contribution in [0.2, 0.25) is 0 Å². The van der Waals surface area contributed by atoms with Crippen LogP contribution in [0.15, 0.2) is 33.6 Å². The quantitative estimate of drug-likeness (QED) is 0.502. The molecule has 1 aromatic carbocycles. The normalized spacial score (nSPS) is 10.3. The molecule has 0 saturated heterocycles. The van der Waals surface area contributed by atoms with E-state index < -0.39 is 17.4 Å². The lowest BCUT2D eigenvalue weighted by atomic mass is 10.2. The first-order valence-corrected chi connectivity index (χ1v) is 5.96. The van der Waals surface area contributed by atoms with Crippen LogP contribution in [0.1, 0.15) is 34.7 Å². The van der Waals surface area contributed by atoms with Crippen molar-refractivity contribution in [1.29, 1.82) is 0 Å². The molecule has 0 spiro atoms. The molecular formula is C13H13N2O5+. The summed E-state index contributed by atoms with van der Waals surface area (Å²) in [4.78, 5) is 34.3. The second kappa shape index (κ2) is 5.52. The van der Waals surface area contributed by atoms with Crippen molar-refractivity contribution in [3.63, 3.8) is 0 Å². The standard InChI is InChI=1S/C13H12N2O5/c1-3-19-12(17)9-4-6-10(7-5-9)15-11(8(2)16)13(18)20-14-15/h4-7H,3H2,1-2H3/p+1. The Morgan fingerprint density at radius 1 is 1.30 bits per heavy atom. The van der Waals surface area contributed by atoms with Gasteiger partial charge in [-0.3, -0.25) is 9.32 Å². The maximum atomic E-state index is 11.5. The highest BCUT2D eigenvalue weighted by atomic mass is 16.5. The number of ketones is 1. The zero-order chi connectivity index (χ0) is 14.7. The fourth-order valence-electron chi connectivity index (χ4n) is 1.72. The molecule has 2 rings (SSSR count). The molecular weight excluding hydrogens is 264 g/mol. The Labute approximate surface area is 113 Å². The first kappa shape index (κ1) is 13.7. The van der Waals surface area contributed by atoms with Crippen LogP contribution in [-0.4, -0.2) is 23.6 Å². The predicted molar refractivity (Wildman–Crippen MR) is 66.8 cm³/mol. The Bertz CT molecular complexity index is 696. The number of Topliss-reactive ketones (excluding diaryl/α,β-unsaturated/α-hetero) is 1. The molecule has 104 valence electrons. The van der Waals surface area contributed by atoms with Gasteiger partial charge in [-0.25, -0.2) is 9.59 Å². The number of aromatic nitrogens is 2. The van der Waals surface area contributed by atoms with Crippen molar-refractivity contribution < 1.29 is 23.5 Å². The smallest absolute Gasteiger partial charge is 0.438 e. The summed E-state index contributed by atoms with van der Waals surface area (Å²) >= 11 is 0. The van der Waals surface area contributed by atoms with E-state index >= 15 is 0 Å². The molecule has 0 amide bonds. The molecule has 0 fully saturated rings. The molecule has 1 N–H and O–H groups in total. The number of nitrogens with one attached hydrogen (secondary N) is 1. The van der Waals surface area contributed by atoms with Crippen molar-refractivity contribution in [2.75, 3.05) is 6.61 Å². The van der Waals surface area contributed by atoms with Gasteiger partial charge < -0.3 is 4.74 Å². The van der Waals surface area contributed by atoms with Gasteiger partial charge in [0.1, 0.15) is 0 Å². The Hall–Kier alpha value is -2.70. The van der Waals surface area contributed by atoms with Gasteiger partial charge in [0.15, 0.2) is 0 Å². The average molecular weight is 277 g/mol. The summed E-state index contributed by atoms with van der Waals surface area (Å²) in [5, 5.41) is 2.34. The first-order valence-electron chi connectivity index (χ1n) is 5.96. The van der Waals surface area contributed by atoms with Crippen LogP contribution < -0.4 is 10.3 Å². The van der Waals surface area contributed by atoms with Crippen LogP contribution in [0.3, 0.4) is 0 Å². The van der Waals surface area contributed by atoms with Gasteiger partial charge in [-0.05, 0) is 29.0 Å². The molecule has 0 aliphatic rings. The Morgan fingerprint density at radius 2 is 1.95 bits per heavy atom. The lowest BCUT2D eigenvalue weighted by molar-refractivity contribution is -0.672. The van der Waals surface area contributed by atoms with Crippen LogP contribution in [0.4, 0.5) is 0 Å². The van der Waals surface area contributed by atoms with Gasteiger partial charge in [0.25, 0.3) is 0 Å². The van der Waals surface area contributed by atoms with Crippen LogP contribution in [-0.2, 0) is 4.74 Å². The third kappa shape index (κ3) is 2.51. The summed E-state index contributed by atoms with van der Waals surface area (Å²) in [5.41, 5.74) is 0.0152. The van der Waals surface area contributed by atoms with Gasteiger partial charge in [-0.1, -0.05) is 0 Å². The number of benzene rings is 1. The highest BCUT2D eigenvalue weighted by Crippen LogP contribution is 2.06. The highest BCUT2D eigenvalue weighted by molar-refractivity contribution is 5.90. The van der Waals surface area contributed by atoms with E-state index in [2.05, 4.69) is 9.79 Å². The molecule has 0 bridgehead atoms. The van der Waals surface area contributed by atoms with Gasteiger partial charge >= 0.3 is 17.3 Å². The Kier molecular flexibility index (Phi) is 3.79. The maximum absolute atomic E-state index is 11.5. The van der Waals surface area contributed by atoms with Crippen molar-refractivity contribution in [1.82, 2.24) is 5.27 Å². The summed E-state index contributed by atoms with van der Waals surface area (Å²) in [7, 11) is 0. The van der Waals surface area contributed by atoms with Gasteiger partial charge in [0, 0.05) is 19.1 Å². The summed E-state index contributed by atoms with van der Waals surface area (Å²) < 4.78 is 10.7. The van der Waals surface area contributed by atoms with Gasteiger partial charge in [0.2, 0.25) is 11.5 Å². The second-order valence-electron chi connectivity index (χ2n) is 3.99. The van der Waals surface area contributed by atoms with Crippen LogP contribution >= 0.6 is 0 Å². The first-order chi connectivity index (χ1) is 9.54. The largest absolute Gasteiger partial charge is 0.462 e. The molecule has 0 saturated carbocycles. The van der Waals surface area contributed by atoms with Gasteiger partial charge in [-0.2, -0.15) is 0 Å². The lowest BCUT2D eigenvalue weighted by Gasteiger charge is -2.00. The number of rotatable bonds is 4. The third-order valence-corrected chi connectivity index (χ3v) is 2.62. The number of carbonyl (C=O) groups excluding carboxylic acids is 2. The molecule has 1 aromatic heterocycles. The topological polar surface area (TPSA) is 93.2 Å². The lowest BCUT2D eigenvalue weighted by Crippen LogP contribution is -2.40. The predicted octanol–water partition coefficient (Wildman–Crippen LogP) is 0.624. The highest BCUT2D eigenvalue weighted by Gasteiger charge is 2.27. The van der Waals surface area contributed by atoms with E-state index in [9.17, 15) is 14.4 Å². The van der Waals surface area contributed by atoms with E-state index in [1.807, 2.05) is 0 Å². The van der Waals surface area contributed by atoms with Crippen molar-refractivity contribution >= 4 is 11.8 Å². The number of ether oxygens (including phenoxy) is 1. The molecule has 0 radical (unpaired) electrons. The van der Waals surface area contributed by atoms with Crippen molar-refractivity contribution in [3.05, 3.63) is 45.9 Å². The summed E-state index contributed by atoms with van der Waals surface area (Å²) in [5.74, 6) is -0.856. The second-order valence-corrected chi connectivity index (χ2v) is 3.99. The number of hydrogen-bond acceptors (Lipinski definition) is 5. The van der Waals surface area contributed by atoms with Crippen LogP contribution in [0.25, 0.3) is 5.69 Å². The molecule has 20 heavy (non-hydrogen) atoms. The number of carbonyl (C=O) groups is 2. The number of esters is 1. The zero-order valence-electron chi connectivity index (χ0n) is 11.0. The summed E-state index contributed by atoms with van der Waals surface area (Å²) in [6, 6.07) is 6.22. The van der Waals surface area contributed by atoms with Crippen molar-refractivity contribution in [3.8, 4) is 5.69 Å². The van der Waals surface area contributed by atoms with E-state index in [0.29, 0.717) is 17.9 Å². The minimum Gasteiger partial charge on any atom is -0.462 e. The van der Waals surface area contributed by atoms with E-state index in [-0.39, 0.29) is 5.69 Å². The van der Waals surface area contributed by atoms with Gasteiger partial charge in [0.05, 0.1) is 12.2 Å². The van der Waals surface area contributed by atoms with Gasteiger partial charge in [-0.15, -0.1) is 0 Å².